The number of para-hydroxylation sites is 1. The minimum absolute atomic E-state index is 0.0705. The summed E-state index contributed by atoms with van der Waals surface area (Å²) in [6, 6.07) is 9.03. The van der Waals surface area contributed by atoms with Gasteiger partial charge in [0.25, 0.3) is 0 Å². The molecule has 1 aromatic carbocycles. The Hall–Kier alpha value is -2.63. The summed E-state index contributed by atoms with van der Waals surface area (Å²) >= 11 is 0. The third kappa shape index (κ3) is 3.23. The fourth-order valence-corrected chi connectivity index (χ4v) is 1.97. The van der Waals surface area contributed by atoms with Crippen molar-refractivity contribution in [1.82, 2.24) is 4.98 Å². The molecule has 1 aromatic heterocycles. The topological polar surface area (TPSA) is 80.1 Å². The molecule has 0 aliphatic carbocycles. The molecule has 0 aliphatic heterocycles. The van der Waals surface area contributed by atoms with Crippen molar-refractivity contribution >= 4 is 17.1 Å². The average molecular weight is 272 g/mol. The van der Waals surface area contributed by atoms with Gasteiger partial charge in [0.2, 0.25) is 0 Å². The van der Waals surface area contributed by atoms with E-state index in [1.54, 1.807) is 37.6 Å². The Bertz CT molecular complexity index is 587. The summed E-state index contributed by atoms with van der Waals surface area (Å²) in [6.07, 6.45) is 4.27. The molecule has 20 heavy (non-hydrogen) atoms. The van der Waals surface area contributed by atoms with Crippen LogP contribution in [0.3, 0.4) is 0 Å². The van der Waals surface area contributed by atoms with Gasteiger partial charge >= 0.3 is 5.69 Å². The summed E-state index contributed by atoms with van der Waals surface area (Å²) in [7, 11) is 1.67. The van der Waals surface area contributed by atoms with Crippen LogP contribution in [0.4, 0.5) is 17.1 Å². The van der Waals surface area contributed by atoms with Gasteiger partial charge in [0, 0.05) is 26.0 Å². The van der Waals surface area contributed by atoms with Crippen molar-refractivity contribution in [3.63, 3.8) is 0 Å². The maximum atomic E-state index is 11.2. The van der Waals surface area contributed by atoms with Crippen molar-refractivity contribution in [2.75, 3.05) is 24.2 Å². The van der Waals surface area contributed by atoms with Crippen LogP contribution in [0.1, 0.15) is 5.56 Å². The number of benzene rings is 1. The minimum Gasteiger partial charge on any atom is -0.382 e. The van der Waals surface area contributed by atoms with Gasteiger partial charge in [-0.25, -0.2) is 0 Å². The molecule has 0 unspecified atom stereocenters. The lowest BCUT2D eigenvalue weighted by Crippen LogP contribution is -2.08. The highest BCUT2D eigenvalue weighted by Gasteiger charge is 2.18. The molecule has 0 aliphatic rings. The van der Waals surface area contributed by atoms with Gasteiger partial charge in [-0.2, -0.15) is 0 Å². The van der Waals surface area contributed by atoms with Crippen LogP contribution in [0.2, 0.25) is 0 Å². The Morgan fingerprint density at radius 1 is 1.25 bits per heavy atom. The average Bonchev–Trinajstić information content (AvgIpc) is 2.47. The molecule has 6 nitrogen and oxygen atoms in total. The molecule has 6 heteroatoms. The number of nitrogens with zero attached hydrogens (tertiary/aromatic N) is 2. The normalized spacial score (nSPS) is 10.1. The van der Waals surface area contributed by atoms with Crippen LogP contribution >= 0.6 is 0 Å². The largest absolute Gasteiger partial charge is 0.382 e. The number of hydrogen-bond donors (Lipinski definition) is 2. The van der Waals surface area contributed by atoms with Crippen LogP contribution in [0.5, 0.6) is 0 Å². The molecule has 2 aromatic rings. The third-order valence-electron chi connectivity index (χ3n) is 2.94. The summed E-state index contributed by atoms with van der Waals surface area (Å²) < 4.78 is 0. The summed E-state index contributed by atoms with van der Waals surface area (Å²) in [5.74, 6) is 0. The molecule has 0 spiro atoms. The van der Waals surface area contributed by atoms with E-state index in [0.717, 1.165) is 12.0 Å². The third-order valence-corrected chi connectivity index (χ3v) is 2.94. The van der Waals surface area contributed by atoms with Gasteiger partial charge in [0.1, 0.15) is 11.4 Å². The van der Waals surface area contributed by atoms with Gasteiger partial charge in [0.05, 0.1) is 4.92 Å². The van der Waals surface area contributed by atoms with Crippen molar-refractivity contribution in [3.05, 3.63) is 58.4 Å². The fourth-order valence-electron chi connectivity index (χ4n) is 1.97. The van der Waals surface area contributed by atoms with Crippen LogP contribution in [-0.4, -0.2) is 23.5 Å². The van der Waals surface area contributed by atoms with Gasteiger partial charge < -0.3 is 10.6 Å². The number of nitro groups is 1. The van der Waals surface area contributed by atoms with Crippen molar-refractivity contribution in [2.24, 2.45) is 0 Å². The number of nitro benzene ring substituents is 1. The molecule has 2 rings (SSSR count). The monoisotopic (exact) mass is 272 g/mol. The maximum Gasteiger partial charge on any atom is 0.315 e. The van der Waals surface area contributed by atoms with E-state index in [2.05, 4.69) is 15.6 Å². The van der Waals surface area contributed by atoms with Crippen LogP contribution in [-0.2, 0) is 6.42 Å². The zero-order chi connectivity index (χ0) is 14.4. The Morgan fingerprint density at radius 3 is 2.70 bits per heavy atom. The van der Waals surface area contributed by atoms with E-state index in [1.165, 1.54) is 0 Å². The van der Waals surface area contributed by atoms with Gasteiger partial charge in [0.15, 0.2) is 0 Å². The van der Waals surface area contributed by atoms with E-state index in [-0.39, 0.29) is 10.6 Å². The lowest BCUT2D eigenvalue weighted by molar-refractivity contribution is -0.383. The zero-order valence-electron chi connectivity index (χ0n) is 11.2. The number of anilines is 2. The van der Waals surface area contributed by atoms with Gasteiger partial charge in [-0.1, -0.05) is 12.1 Å². The van der Waals surface area contributed by atoms with Crippen molar-refractivity contribution in [1.29, 1.82) is 0 Å². The second kappa shape index (κ2) is 6.51. The molecule has 0 saturated heterocycles. The molecule has 0 atom stereocenters. The molecule has 0 saturated carbocycles. The van der Waals surface area contributed by atoms with Crippen LogP contribution < -0.4 is 10.6 Å². The predicted octanol–water partition coefficient (Wildman–Crippen LogP) is 2.69. The second-order valence-corrected chi connectivity index (χ2v) is 4.25. The summed E-state index contributed by atoms with van der Waals surface area (Å²) in [4.78, 5) is 14.8. The molecular formula is C14H16N4O2. The highest BCUT2D eigenvalue weighted by Crippen LogP contribution is 2.32. The molecule has 1 heterocycles. The van der Waals surface area contributed by atoms with E-state index in [9.17, 15) is 10.1 Å². The Labute approximate surface area is 117 Å². The fraction of sp³-hybridized carbons (Fsp3) is 0.214. The molecule has 0 fully saturated rings. The summed E-state index contributed by atoms with van der Waals surface area (Å²) in [5.41, 5.74) is 2.18. The van der Waals surface area contributed by atoms with Crippen molar-refractivity contribution < 1.29 is 4.92 Å². The minimum atomic E-state index is -0.377. The Kier molecular flexibility index (Phi) is 4.49. The molecule has 2 N–H and O–H groups in total. The first-order valence-corrected chi connectivity index (χ1v) is 6.30. The first-order chi connectivity index (χ1) is 9.72. The number of aromatic nitrogens is 1. The SMILES string of the molecule is CNc1cccc(NCCc2cccnc2)c1[N+](=O)[O-]. The Balaban J connectivity index is 2.08. The first kappa shape index (κ1) is 13.8. The zero-order valence-corrected chi connectivity index (χ0v) is 11.2. The van der Waals surface area contributed by atoms with Crippen LogP contribution in [0, 0.1) is 10.1 Å². The Morgan fingerprint density at radius 2 is 2.05 bits per heavy atom. The van der Waals surface area contributed by atoms with Crippen molar-refractivity contribution in [2.45, 2.75) is 6.42 Å². The van der Waals surface area contributed by atoms with Gasteiger partial charge in [-0.15, -0.1) is 0 Å². The second-order valence-electron chi connectivity index (χ2n) is 4.25. The molecule has 0 amide bonds. The smallest absolute Gasteiger partial charge is 0.315 e. The molecular weight excluding hydrogens is 256 g/mol. The molecule has 0 bridgehead atoms. The van der Waals surface area contributed by atoms with Gasteiger partial charge in [-0.05, 0) is 30.2 Å². The molecule has 0 radical (unpaired) electrons. The number of pyridine rings is 1. The van der Waals surface area contributed by atoms with Crippen LogP contribution in [0.25, 0.3) is 0 Å². The number of nitrogens with one attached hydrogen (secondary N) is 2. The maximum absolute atomic E-state index is 11.2. The van der Waals surface area contributed by atoms with E-state index >= 15 is 0 Å². The lowest BCUT2D eigenvalue weighted by atomic mass is 10.2. The number of rotatable bonds is 6. The lowest BCUT2D eigenvalue weighted by Gasteiger charge is -2.09. The predicted molar refractivity (Wildman–Crippen MR) is 79.1 cm³/mol. The summed E-state index contributed by atoms with van der Waals surface area (Å²) in [5, 5.41) is 17.1. The highest BCUT2D eigenvalue weighted by atomic mass is 16.6. The van der Waals surface area contributed by atoms with E-state index in [4.69, 9.17) is 0 Å². The van der Waals surface area contributed by atoms with Crippen molar-refractivity contribution in [3.8, 4) is 0 Å². The van der Waals surface area contributed by atoms with E-state index in [1.807, 2.05) is 12.1 Å². The van der Waals surface area contributed by atoms with E-state index < -0.39 is 0 Å². The van der Waals surface area contributed by atoms with E-state index in [0.29, 0.717) is 17.9 Å². The standard InChI is InChI=1S/C14H16N4O2/c1-15-12-5-2-6-13(14(12)18(19)20)17-9-7-11-4-3-8-16-10-11/h2-6,8,10,15,17H,7,9H2,1H3. The quantitative estimate of drug-likeness (QED) is 0.624. The highest BCUT2D eigenvalue weighted by molar-refractivity contribution is 5.75. The van der Waals surface area contributed by atoms with Crippen LogP contribution in [0.15, 0.2) is 42.7 Å². The summed E-state index contributed by atoms with van der Waals surface area (Å²) in [6.45, 7) is 0.611. The molecule has 104 valence electrons. The van der Waals surface area contributed by atoms with Gasteiger partial charge in [-0.3, -0.25) is 15.1 Å². The first-order valence-electron chi connectivity index (χ1n) is 6.30. The number of hydrogen-bond acceptors (Lipinski definition) is 5.